The molecule has 1 amide bonds. The first-order valence-electron chi connectivity index (χ1n) is 11.5. The van der Waals surface area contributed by atoms with Gasteiger partial charge >= 0.3 is 0 Å². The lowest BCUT2D eigenvalue weighted by Gasteiger charge is -2.42. The van der Waals surface area contributed by atoms with Crippen LogP contribution in [0.4, 0.5) is 0 Å². The second kappa shape index (κ2) is 9.40. The highest BCUT2D eigenvalue weighted by Gasteiger charge is 2.35. The molecule has 1 aromatic rings. The fourth-order valence-electron chi connectivity index (χ4n) is 4.97. The van der Waals surface area contributed by atoms with Crippen molar-refractivity contribution in [2.45, 2.75) is 71.0 Å². The van der Waals surface area contributed by atoms with Crippen LogP contribution in [-0.4, -0.2) is 75.7 Å². The minimum absolute atomic E-state index is 0.303. The molecule has 2 aliphatic heterocycles. The van der Waals surface area contributed by atoms with Gasteiger partial charge in [0.15, 0.2) is 0 Å². The SMILES string of the molecule is CCn1cc(CN2CCCC(N(CCN3CCCC3)C(=O)C3CCC3)C2)cn1. The van der Waals surface area contributed by atoms with E-state index in [1.54, 1.807) is 0 Å². The van der Waals surface area contributed by atoms with Crippen LogP contribution in [0.5, 0.6) is 0 Å². The molecule has 0 radical (unpaired) electrons. The van der Waals surface area contributed by atoms with Crippen LogP contribution < -0.4 is 0 Å². The Hall–Kier alpha value is -1.40. The number of likely N-dealkylation sites (tertiary alicyclic amines) is 2. The minimum atomic E-state index is 0.303. The average Bonchev–Trinajstić information content (AvgIpc) is 3.32. The van der Waals surface area contributed by atoms with E-state index in [0.717, 1.165) is 58.5 Å². The normalized spacial score (nSPS) is 24.4. The molecule has 1 saturated carbocycles. The Kier molecular flexibility index (Phi) is 6.68. The van der Waals surface area contributed by atoms with E-state index < -0.39 is 0 Å². The van der Waals surface area contributed by atoms with Crippen molar-refractivity contribution in [2.24, 2.45) is 5.92 Å². The zero-order chi connectivity index (χ0) is 19.3. The van der Waals surface area contributed by atoms with E-state index in [1.807, 2.05) is 10.9 Å². The third kappa shape index (κ3) is 4.77. The molecule has 4 rings (SSSR count). The van der Waals surface area contributed by atoms with Gasteiger partial charge in [0.2, 0.25) is 5.91 Å². The zero-order valence-corrected chi connectivity index (χ0v) is 17.6. The number of piperidine rings is 1. The van der Waals surface area contributed by atoms with Crippen molar-refractivity contribution < 1.29 is 4.79 Å². The third-order valence-electron chi connectivity index (χ3n) is 6.93. The molecule has 0 bridgehead atoms. The van der Waals surface area contributed by atoms with E-state index in [9.17, 15) is 4.79 Å². The summed E-state index contributed by atoms with van der Waals surface area (Å²) in [6.45, 7) is 10.5. The molecule has 0 aromatic carbocycles. The molecule has 3 fully saturated rings. The summed E-state index contributed by atoms with van der Waals surface area (Å²) in [7, 11) is 0. The highest BCUT2D eigenvalue weighted by atomic mass is 16.2. The van der Waals surface area contributed by atoms with Gasteiger partial charge < -0.3 is 9.80 Å². The number of amides is 1. The van der Waals surface area contributed by atoms with Crippen molar-refractivity contribution >= 4 is 5.91 Å². The molecular weight excluding hydrogens is 350 g/mol. The Morgan fingerprint density at radius 2 is 1.89 bits per heavy atom. The Labute approximate surface area is 169 Å². The van der Waals surface area contributed by atoms with E-state index in [2.05, 4.69) is 32.9 Å². The summed E-state index contributed by atoms with van der Waals surface area (Å²) in [5.74, 6) is 0.743. The van der Waals surface area contributed by atoms with Crippen molar-refractivity contribution in [2.75, 3.05) is 39.3 Å². The first-order valence-corrected chi connectivity index (χ1v) is 11.5. The van der Waals surface area contributed by atoms with E-state index >= 15 is 0 Å². The quantitative estimate of drug-likeness (QED) is 0.688. The van der Waals surface area contributed by atoms with Crippen LogP contribution in [0.3, 0.4) is 0 Å². The van der Waals surface area contributed by atoms with Crippen LogP contribution in [0.25, 0.3) is 0 Å². The molecule has 3 aliphatic rings. The smallest absolute Gasteiger partial charge is 0.226 e. The van der Waals surface area contributed by atoms with Crippen molar-refractivity contribution in [3.8, 4) is 0 Å². The fraction of sp³-hybridized carbons (Fsp3) is 0.818. The summed E-state index contributed by atoms with van der Waals surface area (Å²) in [5.41, 5.74) is 1.29. The Morgan fingerprint density at radius 3 is 2.57 bits per heavy atom. The molecule has 6 heteroatoms. The van der Waals surface area contributed by atoms with E-state index in [4.69, 9.17) is 0 Å². The summed E-state index contributed by atoms with van der Waals surface area (Å²) in [6.07, 6.45) is 12.6. The van der Waals surface area contributed by atoms with Gasteiger partial charge in [0.25, 0.3) is 0 Å². The molecule has 0 N–H and O–H groups in total. The van der Waals surface area contributed by atoms with Gasteiger partial charge in [-0.25, -0.2) is 0 Å². The fourth-order valence-corrected chi connectivity index (χ4v) is 4.97. The number of carbonyl (C=O) groups excluding carboxylic acids is 1. The minimum Gasteiger partial charge on any atom is -0.337 e. The number of hydrogen-bond acceptors (Lipinski definition) is 4. The van der Waals surface area contributed by atoms with E-state index in [-0.39, 0.29) is 0 Å². The number of hydrogen-bond donors (Lipinski definition) is 0. The second-order valence-corrected chi connectivity index (χ2v) is 8.94. The summed E-state index contributed by atoms with van der Waals surface area (Å²) in [4.78, 5) is 20.6. The van der Waals surface area contributed by atoms with Gasteiger partial charge in [0, 0.05) is 56.4 Å². The molecule has 1 atom stereocenters. The predicted molar refractivity (Wildman–Crippen MR) is 111 cm³/mol. The van der Waals surface area contributed by atoms with Gasteiger partial charge in [-0.2, -0.15) is 5.10 Å². The van der Waals surface area contributed by atoms with Crippen LogP contribution in [0.2, 0.25) is 0 Å². The van der Waals surface area contributed by atoms with Gasteiger partial charge in [-0.1, -0.05) is 6.42 Å². The van der Waals surface area contributed by atoms with Crippen LogP contribution in [0.15, 0.2) is 12.4 Å². The molecule has 3 heterocycles. The Morgan fingerprint density at radius 1 is 1.11 bits per heavy atom. The second-order valence-electron chi connectivity index (χ2n) is 8.94. The average molecular weight is 388 g/mol. The third-order valence-corrected chi connectivity index (χ3v) is 6.93. The van der Waals surface area contributed by atoms with Crippen molar-refractivity contribution in [3.63, 3.8) is 0 Å². The van der Waals surface area contributed by atoms with Crippen LogP contribution in [0.1, 0.15) is 57.4 Å². The lowest BCUT2D eigenvalue weighted by Crippen LogP contribution is -2.54. The van der Waals surface area contributed by atoms with Gasteiger partial charge in [-0.3, -0.25) is 14.4 Å². The standard InChI is InChI=1S/C22H37N5O/c1-2-26-17-19(15-23-26)16-25-12-6-9-21(18-25)27(22(28)20-7-5-8-20)14-13-24-10-3-4-11-24/h15,17,20-21H,2-14,16,18H2,1H3. The lowest BCUT2D eigenvalue weighted by molar-refractivity contribution is -0.142. The number of aryl methyl sites for hydroxylation is 1. The van der Waals surface area contributed by atoms with E-state index in [0.29, 0.717) is 17.9 Å². The Balaban J connectivity index is 1.37. The van der Waals surface area contributed by atoms with Gasteiger partial charge in [-0.15, -0.1) is 0 Å². The zero-order valence-electron chi connectivity index (χ0n) is 17.6. The van der Waals surface area contributed by atoms with Gasteiger partial charge in [0.05, 0.1) is 6.20 Å². The van der Waals surface area contributed by atoms with Crippen LogP contribution in [0, 0.1) is 5.92 Å². The monoisotopic (exact) mass is 387 g/mol. The molecule has 1 aromatic heterocycles. The highest BCUT2D eigenvalue weighted by molar-refractivity contribution is 5.80. The van der Waals surface area contributed by atoms with Crippen LogP contribution >= 0.6 is 0 Å². The van der Waals surface area contributed by atoms with Crippen molar-refractivity contribution in [3.05, 3.63) is 18.0 Å². The van der Waals surface area contributed by atoms with Gasteiger partial charge in [0.1, 0.15) is 0 Å². The summed E-state index contributed by atoms with van der Waals surface area (Å²) >= 11 is 0. The summed E-state index contributed by atoms with van der Waals surface area (Å²) in [6, 6.07) is 0.380. The van der Waals surface area contributed by atoms with Crippen molar-refractivity contribution in [1.29, 1.82) is 0 Å². The number of rotatable bonds is 8. The maximum atomic E-state index is 13.2. The van der Waals surface area contributed by atoms with Gasteiger partial charge in [-0.05, 0) is 65.1 Å². The molecule has 156 valence electrons. The first kappa shape index (κ1) is 19.9. The maximum Gasteiger partial charge on any atom is 0.226 e. The Bertz CT molecular complexity index is 635. The summed E-state index contributed by atoms with van der Waals surface area (Å²) < 4.78 is 2.00. The molecule has 6 nitrogen and oxygen atoms in total. The van der Waals surface area contributed by atoms with Crippen molar-refractivity contribution in [1.82, 2.24) is 24.5 Å². The number of carbonyl (C=O) groups is 1. The topological polar surface area (TPSA) is 44.6 Å². The highest BCUT2D eigenvalue weighted by Crippen LogP contribution is 2.30. The molecule has 28 heavy (non-hydrogen) atoms. The predicted octanol–water partition coefficient (Wildman–Crippen LogP) is 2.59. The molecule has 0 spiro atoms. The lowest BCUT2D eigenvalue weighted by atomic mass is 9.83. The molecule has 1 unspecified atom stereocenters. The number of nitrogens with zero attached hydrogens (tertiary/aromatic N) is 5. The summed E-state index contributed by atoms with van der Waals surface area (Å²) in [5, 5.41) is 4.42. The maximum absolute atomic E-state index is 13.2. The number of aromatic nitrogens is 2. The first-order chi connectivity index (χ1) is 13.7. The van der Waals surface area contributed by atoms with Crippen LogP contribution in [-0.2, 0) is 17.9 Å². The molecular formula is C22H37N5O. The largest absolute Gasteiger partial charge is 0.337 e. The molecule has 1 aliphatic carbocycles. The van der Waals surface area contributed by atoms with E-state index in [1.165, 1.54) is 44.3 Å². The molecule has 2 saturated heterocycles.